The van der Waals surface area contributed by atoms with Crippen LogP contribution in [0, 0.1) is 0 Å². The molecule has 6 nitrogen and oxygen atoms in total. The van der Waals surface area contributed by atoms with Crippen LogP contribution in [0.15, 0.2) is 53.4 Å². The van der Waals surface area contributed by atoms with Crippen LogP contribution in [0.5, 0.6) is 5.75 Å². The molecule has 0 aromatic heterocycles. The second-order valence-electron chi connectivity index (χ2n) is 7.91. The van der Waals surface area contributed by atoms with Crippen LogP contribution in [0.25, 0.3) is 0 Å². The van der Waals surface area contributed by atoms with Gasteiger partial charge in [-0.15, -0.1) is 0 Å². The molecule has 0 aliphatic carbocycles. The molecule has 0 heterocycles. The Morgan fingerprint density at radius 3 is 2.09 bits per heavy atom. The SMILES string of the molecule is CCN(CCO)CCCCCCOc1ccc(N(C)S(=O)(=O)c2ccc(C(F)(F)F)cc2)cc1. The summed E-state index contributed by atoms with van der Waals surface area (Å²) in [5.41, 5.74) is -0.532. The molecule has 0 amide bonds. The third kappa shape index (κ3) is 8.18. The first kappa shape index (κ1) is 27.9. The van der Waals surface area contributed by atoms with E-state index in [-0.39, 0.29) is 11.5 Å². The van der Waals surface area contributed by atoms with E-state index in [2.05, 4.69) is 11.8 Å². The van der Waals surface area contributed by atoms with Gasteiger partial charge in [0.1, 0.15) is 5.75 Å². The molecule has 0 spiro atoms. The highest BCUT2D eigenvalue weighted by Crippen LogP contribution is 2.31. The minimum Gasteiger partial charge on any atom is -0.494 e. The van der Waals surface area contributed by atoms with Crippen molar-refractivity contribution in [2.75, 3.05) is 44.2 Å². The number of hydrogen-bond donors (Lipinski definition) is 1. The number of nitrogens with zero attached hydrogens (tertiary/aromatic N) is 2. The zero-order valence-corrected chi connectivity index (χ0v) is 20.4. The van der Waals surface area contributed by atoms with Crippen molar-refractivity contribution in [1.82, 2.24) is 4.90 Å². The molecular formula is C24H33F3N2O4S. The molecule has 0 fully saturated rings. The van der Waals surface area contributed by atoms with Crippen LogP contribution >= 0.6 is 0 Å². The van der Waals surface area contributed by atoms with Gasteiger partial charge in [-0.1, -0.05) is 19.8 Å². The van der Waals surface area contributed by atoms with Crippen LogP contribution in [0.2, 0.25) is 0 Å². The Morgan fingerprint density at radius 1 is 0.912 bits per heavy atom. The minimum atomic E-state index is -4.53. The summed E-state index contributed by atoms with van der Waals surface area (Å²) in [6.07, 6.45) is -0.446. The van der Waals surface area contributed by atoms with Gasteiger partial charge in [-0.2, -0.15) is 13.2 Å². The van der Waals surface area contributed by atoms with Gasteiger partial charge in [-0.25, -0.2) is 8.42 Å². The summed E-state index contributed by atoms with van der Waals surface area (Å²) in [4.78, 5) is 1.99. The number of rotatable bonds is 14. The van der Waals surface area contributed by atoms with Crippen LogP contribution in [-0.2, 0) is 16.2 Å². The summed E-state index contributed by atoms with van der Waals surface area (Å²) in [5, 5.41) is 9.00. The van der Waals surface area contributed by atoms with E-state index in [1.165, 1.54) is 7.05 Å². The molecule has 2 aromatic carbocycles. The molecule has 0 unspecified atom stereocenters. The van der Waals surface area contributed by atoms with Gasteiger partial charge in [-0.05, 0) is 74.5 Å². The third-order valence-corrected chi connectivity index (χ3v) is 7.34. The number of benzene rings is 2. The zero-order valence-electron chi connectivity index (χ0n) is 19.6. The zero-order chi connectivity index (χ0) is 25.2. The van der Waals surface area contributed by atoms with Crippen molar-refractivity contribution >= 4 is 15.7 Å². The Morgan fingerprint density at radius 2 is 1.53 bits per heavy atom. The van der Waals surface area contributed by atoms with E-state index in [1.54, 1.807) is 24.3 Å². The van der Waals surface area contributed by atoms with Crippen molar-refractivity contribution in [3.63, 3.8) is 0 Å². The van der Waals surface area contributed by atoms with Crippen LogP contribution in [0.1, 0.15) is 38.2 Å². The molecule has 0 radical (unpaired) electrons. The van der Waals surface area contributed by atoms with Crippen molar-refractivity contribution < 1.29 is 31.4 Å². The maximum atomic E-state index is 12.8. The minimum absolute atomic E-state index is 0.178. The first-order valence-corrected chi connectivity index (χ1v) is 12.8. The maximum absolute atomic E-state index is 12.8. The van der Waals surface area contributed by atoms with E-state index in [4.69, 9.17) is 9.84 Å². The quantitative estimate of drug-likeness (QED) is 0.377. The van der Waals surface area contributed by atoms with Crippen molar-refractivity contribution in [3.8, 4) is 5.75 Å². The van der Waals surface area contributed by atoms with Crippen molar-refractivity contribution in [3.05, 3.63) is 54.1 Å². The van der Waals surface area contributed by atoms with Crippen LogP contribution < -0.4 is 9.04 Å². The number of sulfonamides is 1. The van der Waals surface area contributed by atoms with E-state index >= 15 is 0 Å². The number of likely N-dealkylation sites (N-methyl/N-ethyl adjacent to an activating group) is 1. The number of anilines is 1. The lowest BCUT2D eigenvalue weighted by Gasteiger charge is -2.20. The topological polar surface area (TPSA) is 70.1 Å². The van der Waals surface area contributed by atoms with Crippen molar-refractivity contribution in [2.24, 2.45) is 0 Å². The molecule has 10 heteroatoms. The highest BCUT2D eigenvalue weighted by molar-refractivity contribution is 7.92. The average Bonchev–Trinajstić information content (AvgIpc) is 2.82. The second-order valence-corrected chi connectivity index (χ2v) is 9.88. The second kappa shape index (κ2) is 13.0. The van der Waals surface area contributed by atoms with E-state index in [1.807, 2.05) is 0 Å². The lowest BCUT2D eigenvalue weighted by atomic mass is 10.2. The fourth-order valence-corrected chi connectivity index (χ4v) is 4.61. The predicted molar refractivity (Wildman–Crippen MR) is 127 cm³/mol. The van der Waals surface area contributed by atoms with Gasteiger partial charge in [0.2, 0.25) is 0 Å². The molecule has 2 aromatic rings. The number of hydrogen-bond acceptors (Lipinski definition) is 5. The maximum Gasteiger partial charge on any atom is 0.416 e. The summed E-state index contributed by atoms with van der Waals surface area (Å²) in [6.45, 7) is 5.42. The normalized spacial score (nSPS) is 12.2. The Labute approximate surface area is 200 Å². The first-order valence-electron chi connectivity index (χ1n) is 11.3. The van der Waals surface area contributed by atoms with Gasteiger partial charge in [0.05, 0.1) is 29.4 Å². The number of unbranched alkanes of at least 4 members (excludes halogenated alkanes) is 3. The van der Waals surface area contributed by atoms with E-state index < -0.39 is 21.8 Å². The summed E-state index contributed by atoms with van der Waals surface area (Å²) in [5.74, 6) is 0.615. The average molecular weight is 503 g/mol. The summed E-state index contributed by atoms with van der Waals surface area (Å²) >= 11 is 0. The number of aliphatic hydroxyl groups is 1. The smallest absolute Gasteiger partial charge is 0.416 e. The fraction of sp³-hybridized carbons (Fsp3) is 0.500. The van der Waals surface area contributed by atoms with E-state index in [0.29, 0.717) is 24.6 Å². The van der Waals surface area contributed by atoms with Gasteiger partial charge in [0, 0.05) is 13.6 Å². The fourth-order valence-electron chi connectivity index (χ4n) is 3.42. The van der Waals surface area contributed by atoms with Crippen LogP contribution in [-0.4, -0.2) is 58.3 Å². The first-order chi connectivity index (χ1) is 16.1. The van der Waals surface area contributed by atoms with Crippen molar-refractivity contribution in [1.29, 1.82) is 0 Å². The van der Waals surface area contributed by atoms with Crippen LogP contribution in [0.4, 0.5) is 18.9 Å². The van der Waals surface area contributed by atoms with Crippen LogP contribution in [0.3, 0.4) is 0 Å². The predicted octanol–water partition coefficient (Wildman–Crippen LogP) is 4.78. The van der Waals surface area contributed by atoms with E-state index in [0.717, 1.165) is 67.3 Å². The van der Waals surface area contributed by atoms with Gasteiger partial charge in [0.25, 0.3) is 10.0 Å². The lowest BCUT2D eigenvalue weighted by molar-refractivity contribution is -0.137. The molecule has 1 N–H and O–H groups in total. The number of ether oxygens (including phenoxy) is 1. The van der Waals surface area contributed by atoms with E-state index in [9.17, 15) is 21.6 Å². The summed E-state index contributed by atoms with van der Waals surface area (Å²) < 4.78 is 70.5. The molecule has 190 valence electrons. The molecule has 34 heavy (non-hydrogen) atoms. The number of aliphatic hydroxyl groups excluding tert-OH is 1. The Hall–Kier alpha value is -2.30. The third-order valence-electron chi connectivity index (χ3n) is 5.54. The lowest BCUT2D eigenvalue weighted by Crippen LogP contribution is -2.27. The standard InChI is InChI=1S/C24H33F3N2O4S/c1-3-29(17-18-30)16-6-4-5-7-19-33-22-12-10-21(11-13-22)28(2)34(31,32)23-14-8-20(9-15-23)24(25,26)27/h8-15,30H,3-7,16-19H2,1-2H3. The molecule has 0 aliphatic heterocycles. The summed E-state index contributed by atoms with van der Waals surface area (Å²) in [6, 6.07) is 9.95. The Balaban J connectivity index is 1.82. The molecule has 2 rings (SSSR count). The largest absolute Gasteiger partial charge is 0.494 e. The van der Waals surface area contributed by atoms with Crippen molar-refractivity contribution in [2.45, 2.75) is 43.7 Å². The van der Waals surface area contributed by atoms with Gasteiger partial charge in [0.15, 0.2) is 0 Å². The molecule has 0 aliphatic rings. The number of halogens is 3. The molecule has 0 atom stereocenters. The monoisotopic (exact) mass is 502 g/mol. The Kier molecular flexibility index (Phi) is 10.7. The molecular weight excluding hydrogens is 469 g/mol. The van der Waals surface area contributed by atoms with Gasteiger partial charge >= 0.3 is 6.18 Å². The highest BCUT2D eigenvalue weighted by Gasteiger charge is 2.31. The van der Waals surface area contributed by atoms with Gasteiger partial charge < -0.3 is 14.7 Å². The number of alkyl halides is 3. The molecule has 0 bridgehead atoms. The van der Waals surface area contributed by atoms with Gasteiger partial charge in [-0.3, -0.25) is 4.31 Å². The Bertz CT molecular complexity index is 965. The summed E-state index contributed by atoms with van der Waals surface area (Å²) in [7, 11) is -2.65. The molecule has 0 saturated carbocycles. The highest BCUT2D eigenvalue weighted by atomic mass is 32.2. The molecule has 0 saturated heterocycles.